The van der Waals surface area contributed by atoms with Gasteiger partial charge in [-0.1, -0.05) is 30.1 Å². The Morgan fingerprint density at radius 2 is 2.12 bits per heavy atom. The molecular weight excluding hydrogens is 277 g/mol. The SMILES string of the molecule is CC(CC(C)(N)CO)Sc1cc(Cl)ccc1Cl. The molecule has 0 radical (unpaired) electrons. The molecule has 0 aliphatic heterocycles. The normalized spacial score (nSPS) is 16.6. The standard InChI is InChI=1S/C12H17Cl2NOS/c1-8(6-12(2,15)7-16)17-11-5-9(13)3-4-10(11)14/h3-5,8,16H,6-7,15H2,1-2H3. The van der Waals surface area contributed by atoms with Gasteiger partial charge in [-0.3, -0.25) is 0 Å². The monoisotopic (exact) mass is 293 g/mol. The summed E-state index contributed by atoms with van der Waals surface area (Å²) in [5.41, 5.74) is 5.36. The molecule has 17 heavy (non-hydrogen) atoms. The number of benzene rings is 1. The highest BCUT2D eigenvalue weighted by Gasteiger charge is 2.21. The Balaban J connectivity index is 2.68. The van der Waals surface area contributed by atoms with E-state index in [-0.39, 0.29) is 11.9 Å². The van der Waals surface area contributed by atoms with Crippen LogP contribution in [0.5, 0.6) is 0 Å². The average molecular weight is 294 g/mol. The maximum Gasteiger partial charge on any atom is 0.0608 e. The maximum atomic E-state index is 9.13. The molecule has 2 atom stereocenters. The summed E-state index contributed by atoms with van der Waals surface area (Å²) >= 11 is 13.6. The first-order chi connectivity index (χ1) is 7.84. The largest absolute Gasteiger partial charge is 0.394 e. The molecule has 0 spiro atoms. The van der Waals surface area contributed by atoms with Crippen LogP contribution in [0.4, 0.5) is 0 Å². The van der Waals surface area contributed by atoms with Crippen LogP contribution >= 0.6 is 35.0 Å². The number of rotatable bonds is 5. The van der Waals surface area contributed by atoms with E-state index in [2.05, 4.69) is 6.92 Å². The average Bonchev–Trinajstić information content (AvgIpc) is 2.23. The molecule has 96 valence electrons. The van der Waals surface area contributed by atoms with E-state index in [0.717, 1.165) is 4.90 Å². The van der Waals surface area contributed by atoms with Gasteiger partial charge in [0, 0.05) is 20.7 Å². The Morgan fingerprint density at radius 1 is 1.47 bits per heavy atom. The van der Waals surface area contributed by atoms with Gasteiger partial charge in [-0.05, 0) is 31.5 Å². The van der Waals surface area contributed by atoms with Crippen molar-refractivity contribution in [3.8, 4) is 0 Å². The van der Waals surface area contributed by atoms with Crippen molar-refractivity contribution in [1.29, 1.82) is 0 Å². The zero-order valence-corrected chi connectivity index (χ0v) is 12.2. The molecular formula is C12H17Cl2NOS. The fourth-order valence-electron chi connectivity index (χ4n) is 1.55. The van der Waals surface area contributed by atoms with E-state index in [1.54, 1.807) is 23.9 Å². The first kappa shape index (κ1) is 15.1. The summed E-state index contributed by atoms with van der Waals surface area (Å²) < 4.78 is 0. The number of aliphatic hydroxyl groups is 1. The third kappa shape index (κ3) is 5.06. The van der Waals surface area contributed by atoms with Crippen LogP contribution < -0.4 is 5.73 Å². The highest BCUT2D eigenvalue weighted by molar-refractivity contribution is 8.00. The fraction of sp³-hybridized carbons (Fsp3) is 0.500. The lowest BCUT2D eigenvalue weighted by atomic mass is 9.99. The van der Waals surface area contributed by atoms with Crippen LogP contribution in [-0.2, 0) is 0 Å². The number of thioether (sulfide) groups is 1. The van der Waals surface area contributed by atoms with Crippen LogP contribution in [0.1, 0.15) is 20.3 Å². The Hall–Kier alpha value is 0.0700. The number of halogens is 2. The predicted octanol–water partition coefficient (Wildman–Crippen LogP) is 3.57. The summed E-state index contributed by atoms with van der Waals surface area (Å²) in [6.45, 7) is 3.87. The molecule has 0 fully saturated rings. The van der Waals surface area contributed by atoms with E-state index < -0.39 is 5.54 Å². The van der Waals surface area contributed by atoms with Crippen LogP contribution in [0, 0.1) is 0 Å². The molecule has 3 N–H and O–H groups in total. The number of hydrogen-bond donors (Lipinski definition) is 2. The van der Waals surface area contributed by atoms with Gasteiger partial charge in [0.05, 0.1) is 11.6 Å². The Morgan fingerprint density at radius 3 is 2.71 bits per heavy atom. The van der Waals surface area contributed by atoms with E-state index >= 15 is 0 Å². The van der Waals surface area contributed by atoms with Crippen molar-refractivity contribution < 1.29 is 5.11 Å². The summed E-state index contributed by atoms with van der Waals surface area (Å²) in [5, 5.41) is 10.7. The molecule has 5 heteroatoms. The third-order valence-electron chi connectivity index (χ3n) is 2.34. The third-order valence-corrected chi connectivity index (χ3v) is 4.17. The molecule has 2 nitrogen and oxygen atoms in total. The number of aliphatic hydroxyl groups excluding tert-OH is 1. The van der Waals surface area contributed by atoms with Crippen molar-refractivity contribution in [3.05, 3.63) is 28.2 Å². The van der Waals surface area contributed by atoms with Crippen molar-refractivity contribution in [2.45, 2.75) is 36.0 Å². The summed E-state index contributed by atoms with van der Waals surface area (Å²) in [6, 6.07) is 5.39. The van der Waals surface area contributed by atoms with Crippen molar-refractivity contribution >= 4 is 35.0 Å². The molecule has 1 rings (SSSR count). The quantitative estimate of drug-likeness (QED) is 0.816. The zero-order valence-electron chi connectivity index (χ0n) is 9.91. The van der Waals surface area contributed by atoms with Gasteiger partial charge >= 0.3 is 0 Å². The molecule has 0 aromatic heterocycles. The Bertz CT molecular complexity index is 385. The van der Waals surface area contributed by atoms with E-state index in [4.69, 9.17) is 34.0 Å². The van der Waals surface area contributed by atoms with Gasteiger partial charge in [0.15, 0.2) is 0 Å². The van der Waals surface area contributed by atoms with Crippen LogP contribution in [0.2, 0.25) is 10.0 Å². The van der Waals surface area contributed by atoms with Crippen LogP contribution in [0.25, 0.3) is 0 Å². The predicted molar refractivity (Wildman–Crippen MR) is 76.1 cm³/mol. The van der Waals surface area contributed by atoms with E-state index in [9.17, 15) is 0 Å². The second-order valence-electron chi connectivity index (χ2n) is 4.52. The second kappa shape index (κ2) is 6.30. The lowest BCUT2D eigenvalue weighted by molar-refractivity contribution is 0.201. The van der Waals surface area contributed by atoms with E-state index in [0.29, 0.717) is 16.5 Å². The minimum Gasteiger partial charge on any atom is -0.394 e. The maximum absolute atomic E-state index is 9.13. The van der Waals surface area contributed by atoms with Gasteiger partial charge in [-0.15, -0.1) is 11.8 Å². The number of hydrogen-bond acceptors (Lipinski definition) is 3. The summed E-state index contributed by atoms with van der Waals surface area (Å²) in [5.74, 6) is 0. The van der Waals surface area contributed by atoms with Crippen molar-refractivity contribution in [2.24, 2.45) is 5.73 Å². The smallest absolute Gasteiger partial charge is 0.0608 e. The van der Waals surface area contributed by atoms with Gasteiger partial charge in [-0.2, -0.15) is 0 Å². The molecule has 0 aliphatic rings. The van der Waals surface area contributed by atoms with Crippen LogP contribution in [0.3, 0.4) is 0 Å². The van der Waals surface area contributed by atoms with E-state index in [1.807, 2.05) is 13.0 Å². The van der Waals surface area contributed by atoms with Gasteiger partial charge < -0.3 is 10.8 Å². The summed E-state index contributed by atoms with van der Waals surface area (Å²) in [6.07, 6.45) is 0.705. The number of nitrogens with two attached hydrogens (primary N) is 1. The summed E-state index contributed by atoms with van der Waals surface area (Å²) in [7, 11) is 0. The topological polar surface area (TPSA) is 46.2 Å². The van der Waals surface area contributed by atoms with Crippen LogP contribution in [-0.4, -0.2) is 22.5 Å². The molecule has 0 heterocycles. The van der Waals surface area contributed by atoms with E-state index in [1.165, 1.54) is 0 Å². The second-order valence-corrected chi connectivity index (χ2v) is 6.84. The van der Waals surface area contributed by atoms with Gasteiger partial charge in [0.25, 0.3) is 0 Å². The van der Waals surface area contributed by atoms with Crippen molar-refractivity contribution in [2.75, 3.05) is 6.61 Å². The molecule has 1 aromatic carbocycles. The van der Waals surface area contributed by atoms with Crippen molar-refractivity contribution in [3.63, 3.8) is 0 Å². The molecule has 1 aromatic rings. The van der Waals surface area contributed by atoms with Crippen molar-refractivity contribution in [1.82, 2.24) is 0 Å². The molecule has 0 saturated carbocycles. The lowest BCUT2D eigenvalue weighted by Crippen LogP contribution is -2.42. The molecule has 0 aliphatic carbocycles. The minimum atomic E-state index is -0.558. The Kier molecular flexibility index (Phi) is 5.61. The molecule has 0 bridgehead atoms. The fourth-order valence-corrected chi connectivity index (χ4v) is 3.31. The molecule has 0 saturated heterocycles. The minimum absolute atomic E-state index is 0.0266. The highest BCUT2D eigenvalue weighted by atomic mass is 35.5. The summed E-state index contributed by atoms with van der Waals surface area (Å²) in [4.78, 5) is 0.945. The first-order valence-corrected chi connectivity index (χ1v) is 6.99. The van der Waals surface area contributed by atoms with Crippen LogP contribution in [0.15, 0.2) is 23.1 Å². The lowest BCUT2D eigenvalue weighted by Gasteiger charge is -2.25. The van der Waals surface area contributed by atoms with Gasteiger partial charge in [-0.25, -0.2) is 0 Å². The van der Waals surface area contributed by atoms with Gasteiger partial charge in [0.2, 0.25) is 0 Å². The molecule has 2 unspecified atom stereocenters. The zero-order chi connectivity index (χ0) is 13.1. The van der Waals surface area contributed by atoms with Gasteiger partial charge in [0.1, 0.15) is 0 Å². The highest BCUT2D eigenvalue weighted by Crippen LogP contribution is 2.34. The molecule has 0 amide bonds. The Labute approximate surface area is 116 Å². The first-order valence-electron chi connectivity index (χ1n) is 5.35.